The van der Waals surface area contributed by atoms with Crippen molar-refractivity contribution in [1.82, 2.24) is 5.32 Å². The first-order chi connectivity index (χ1) is 11.6. The average Bonchev–Trinajstić information content (AvgIpc) is 2.53. The molecule has 0 radical (unpaired) electrons. The van der Waals surface area contributed by atoms with Crippen LogP contribution in [0.4, 0.5) is 11.4 Å². The summed E-state index contributed by atoms with van der Waals surface area (Å²) in [7, 11) is 0. The summed E-state index contributed by atoms with van der Waals surface area (Å²) in [6.45, 7) is 5.65. The van der Waals surface area contributed by atoms with Gasteiger partial charge in [-0.1, -0.05) is 13.8 Å². The number of carboxylic acid groups (broad SMARTS) is 1. The van der Waals surface area contributed by atoms with Crippen LogP contribution in [0.3, 0.4) is 0 Å². The maximum absolute atomic E-state index is 12.5. The minimum atomic E-state index is -1.51. The third-order valence-electron chi connectivity index (χ3n) is 4.95. The predicted molar refractivity (Wildman–Crippen MR) is 89.2 cm³/mol. The van der Waals surface area contributed by atoms with E-state index in [-0.39, 0.29) is 23.8 Å². The van der Waals surface area contributed by atoms with Crippen LogP contribution in [-0.2, 0) is 9.53 Å². The summed E-state index contributed by atoms with van der Waals surface area (Å²) in [4.78, 5) is 34.6. The second-order valence-electron chi connectivity index (χ2n) is 6.57. The van der Waals surface area contributed by atoms with Crippen LogP contribution in [0.25, 0.3) is 0 Å². The van der Waals surface area contributed by atoms with Gasteiger partial charge in [-0.2, -0.15) is 0 Å². The van der Waals surface area contributed by atoms with Crippen molar-refractivity contribution in [3.63, 3.8) is 0 Å². The van der Waals surface area contributed by atoms with E-state index < -0.39 is 33.4 Å². The van der Waals surface area contributed by atoms with Crippen LogP contribution < -0.4 is 11.1 Å². The lowest BCUT2D eigenvalue weighted by molar-refractivity contribution is -0.383. The van der Waals surface area contributed by atoms with Crippen LogP contribution in [0, 0.1) is 15.5 Å². The molecule has 0 heterocycles. The number of ether oxygens (including phenoxy) is 1. The molecule has 1 aliphatic rings. The van der Waals surface area contributed by atoms with Gasteiger partial charge in [0.05, 0.1) is 11.0 Å². The molecule has 1 aliphatic carbocycles. The van der Waals surface area contributed by atoms with E-state index in [0.717, 1.165) is 6.07 Å². The molecule has 1 aromatic carbocycles. The normalized spacial score (nSPS) is 24.2. The first kappa shape index (κ1) is 18.7. The minimum absolute atomic E-state index is 0.0304. The van der Waals surface area contributed by atoms with Crippen molar-refractivity contribution in [2.75, 3.05) is 12.3 Å². The molecule has 136 valence electrons. The lowest BCUT2D eigenvalue weighted by Gasteiger charge is -2.58. The van der Waals surface area contributed by atoms with Crippen molar-refractivity contribution >= 4 is 23.3 Å². The fourth-order valence-electron chi connectivity index (χ4n) is 3.15. The van der Waals surface area contributed by atoms with E-state index in [9.17, 15) is 24.8 Å². The van der Waals surface area contributed by atoms with Crippen LogP contribution in [0.1, 0.15) is 37.6 Å². The monoisotopic (exact) mass is 351 g/mol. The second kappa shape index (κ2) is 6.32. The molecular weight excluding hydrogens is 330 g/mol. The Labute approximate surface area is 144 Å². The Hall–Kier alpha value is -2.68. The van der Waals surface area contributed by atoms with Gasteiger partial charge in [-0.25, -0.2) is 4.79 Å². The van der Waals surface area contributed by atoms with Gasteiger partial charge in [0.2, 0.25) is 0 Å². The number of nitrogens with one attached hydrogen (secondary N) is 1. The molecule has 1 fully saturated rings. The number of nitro groups is 1. The predicted octanol–water partition coefficient (Wildman–Crippen LogP) is 1.57. The highest BCUT2D eigenvalue weighted by molar-refractivity contribution is 5.99. The molecule has 0 aliphatic heterocycles. The molecule has 25 heavy (non-hydrogen) atoms. The SMILES string of the molecule is CCOC1CC(NC(=O)c2ccc(N)c([N+](=O)[O-])c2)(C(=O)O)C1(C)C. The number of aliphatic carboxylic acids is 1. The van der Waals surface area contributed by atoms with E-state index in [1.54, 1.807) is 13.8 Å². The molecular formula is C16H21N3O6. The Kier molecular flexibility index (Phi) is 4.72. The zero-order valence-electron chi connectivity index (χ0n) is 14.2. The van der Waals surface area contributed by atoms with E-state index >= 15 is 0 Å². The zero-order valence-corrected chi connectivity index (χ0v) is 14.2. The van der Waals surface area contributed by atoms with Gasteiger partial charge in [0, 0.05) is 30.1 Å². The molecule has 9 heteroatoms. The zero-order chi connectivity index (χ0) is 19.0. The number of amides is 1. The van der Waals surface area contributed by atoms with E-state index in [1.165, 1.54) is 12.1 Å². The topological polar surface area (TPSA) is 145 Å². The highest BCUT2D eigenvalue weighted by atomic mass is 16.6. The Morgan fingerprint density at radius 3 is 2.60 bits per heavy atom. The van der Waals surface area contributed by atoms with Crippen LogP contribution >= 0.6 is 0 Å². The number of rotatable bonds is 6. The largest absolute Gasteiger partial charge is 0.479 e. The van der Waals surface area contributed by atoms with Gasteiger partial charge in [0.1, 0.15) is 11.2 Å². The molecule has 0 saturated heterocycles. The smallest absolute Gasteiger partial charge is 0.330 e. The summed E-state index contributed by atoms with van der Waals surface area (Å²) in [5, 5.41) is 23.2. The van der Waals surface area contributed by atoms with Crippen molar-refractivity contribution in [2.45, 2.75) is 38.8 Å². The van der Waals surface area contributed by atoms with Crippen LogP contribution in [-0.4, -0.2) is 40.2 Å². The van der Waals surface area contributed by atoms with Crippen molar-refractivity contribution in [3.05, 3.63) is 33.9 Å². The molecule has 0 aromatic heterocycles. The number of carbonyl (C=O) groups excluding carboxylic acids is 1. The first-order valence-electron chi connectivity index (χ1n) is 7.78. The number of anilines is 1. The summed E-state index contributed by atoms with van der Waals surface area (Å²) >= 11 is 0. The van der Waals surface area contributed by atoms with Gasteiger partial charge < -0.3 is 20.9 Å². The molecule has 2 atom stereocenters. The fraction of sp³-hybridized carbons (Fsp3) is 0.500. The van der Waals surface area contributed by atoms with Gasteiger partial charge in [-0.15, -0.1) is 0 Å². The maximum Gasteiger partial charge on any atom is 0.330 e. The Bertz CT molecular complexity index is 733. The van der Waals surface area contributed by atoms with E-state index in [0.29, 0.717) is 6.61 Å². The maximum atomic E-state index is 12.5. The Balaban J connectivity index is 2.30. The average molecular weight is 351 g/mol. The highest BCUT2D eigenvalue weighted by Crippen LogP contribution is 2.51. The number of nitro benzene ring substituents is 1. The third kappa shape index (κ3) is 2.91. The summed E-state index contributed by atoms with van der Waals surface area (Å²) in [5.41, 5.74) is 2.65. The number of nitrogens with zero attached hydrogens (tertiary/aromatic N) is 1. The van der Waals surface area contributed by atoms with Gasteiger partial charge in [0.15, 0.2) is 0 Å². The molecule has 4 N–H and O–H groups in total. The number of hydrogen-bond acceptors (Lipinski definition) is 6. The van der Waals surface area contributed by atoms with Crippen LogP contribution in [0.5, 0.6) is 0 Å². The van der Waals surface area contributed by atoms with E-state index in [4.69, 9.17) is 10.5 Å². The Morgan fingerprint density at radius 1 is 1.48 bits per heavy atom. The molecule has 1 aromatic rings. The summed E-state index contributed by atoms with van der Waals surface area (Å²) in [5.74, 6) is -1.89. The molecule has 1 amide bonds. The molecule has 0 spiro atoms. The van der Waals surface area contributed by atoms with E-state index in [1.807, 2.05) is 6.92 Å². The third-order valence-corrected chi connectivity index (χ3v) is 4.95. The van der Waals surface area contributed by atoms with Crippen LogP contribution in [0.15, 0.2) is 18.2 Å². The second-order valence-corrected chi connectivity index (χ2v) is 6.57. The minimum Gasteiger partial charge on any atom is -0.479 e. The first-order valence-corrected chi connectivity index (χ1v) is 7.78. The highest BCUT2D eigenvalue weighted by Gasteiger charge is 2.66. The van der Waals surface area contributed by atoms with Crippen molar-refractivity contribution in [2.24, 2.45) is 5.41 Å². The van der Waals surface area contributed by atoms with Crippen LogP contribution in [0.2, 0.25) is 0 Å². The summed E-state index contributed by atoms with van der Waals surface area (Å²) in [6, 6.07) is 3.60. The number of hydrogen-bond donors (Lipinski definition) is 3. The quantitative estimate of drug-likeness (QED) is 0.400. The Morgan fingerprint density at radius 2 is 2.12 bits per heavy atom. The molecule has 0 bridgehead atoms. The standard InChI is InChI=1S/C16H21N3O6/c1-4-25-12-8-16(14(21)22,15(12,2)3)18-13(20)9-5-6-10(17)11(7-9)19(23)24/h5-7,12H,4,8,17H2,1-3H3,(H,18,20)(H,21,22). The van der Waals surface area contributed by atoms with Gasteiger partial charge >= 0.3 is 5.97 Å². The van der Waals surface area contributed by atoms with Crippen molar-refractivity contribution in [1.29, 1.82) is 0 Å². The van der Waals surface area contributed by atoms with Crippen molar-refractivity contribution in [3.8, 4) is 0 Å². The van der Waals surface area contributed by atoms with Gasteiger partial charge in [0.25, 0.3) is 11.6 Å². The number of nitrogen functional groups attached to an aromatic ring is 1. The lowest BCUT2D eigenvalue weighted by Crippen LogP contribution is -2.76. The molecule has 2 unspecified atom stereocenters. The summed E-state index contributed by atoms with van der Waals surface area (Å²) < 4.78 is 5.53. The summed E-state index contributed by atoms with van der Waals surface area (Å²) in [6.07, 6.45) is -0.193. The van der Waals surface area contributed by atoms with E-state index in [2.05, 4.69) is 5.32 Å². The molecule has 2 rings (SSSR count). The number of nitrogens with two attached hydrogens (primary N) is 1. The van der Waals surface area contributed by atoms with Gasteiger partial charge in [-0.05, 0) is 19.1 Å². The number of benzene rings is 1. The fourth-order valence-corrected chi connectivity index (χ4v) is 3.15. The molecule has 1 saturated carbocycles. The molecule has 9 nitrogen and oxygen atoms in total. The number of carbonyl (C=O) groups is 2. The van der Waals surface area contributed by atoms with Crippen molar-refractivity contribution < 1.29 is 24.4 Å². The number of carboxylic acids is 1. The lowest BCUT2D eigenvalue weighted by atomic mass is 9.54. The van der Waals surface area contributed by atoms with Gasteiger partial charge in [-0.3, -0.25) is 14.9 Å².